The first-order chi connectivity index (χ1) is 8.33. The van der Waals surface area contributed by atoms with Crippen LogP contribution in [0.15, 0.2) is 0 Å². The molecule has 1 aliphatic carbocycles. The highest BCUT2D eigenvalue weighted by Crippen LogP contribution is 2.44. The van der Waals surface area contributed by atoms with Crippen LogP contribution in [0.25, 0.3) is 0 Å². The van der Waals surface area contributed by atoms with Crippen LogP contribution < -0.4 is 5.32 Å². The van der Waals surface area contributed by atoms with Gasteiger partial charge in [-0.15, -0.1) is 0 Å². The Morgan fingerprint density at radius 1 is 1.28 bits per heavy atom. The molecule has 0 bridgehead atoms. The largest absolute Gasteiger partial charge is 0.411 e. The molecule has 1 N–H and O–H groups in total. The van der Waals surface area contributed by atoms with E-state index in [4.69, 9.17) is 0 Å². The number of alkyl halides is 3. The minimum absolute atomic E-state index is 0.211. The van der Waals surface area contributed by atoms with Gasteiger partial charge in [-0.3, -0.25) is 0 Å². The predicted octanol–water partition coefficient (Wildman–Crippen LogP) is 3.51. The standard InChI is InChI=1S/C13H24F3NO/c1-11(2)17-9-12(5-3-6-12)7-4-8-18-10-13(14,15)16/h11,17H,3-10H2,1-2H3. The van der Waals surface area contributed by atoms with E-state index in [-0.39, 0.29) is 6.61 Å². The zero-order valence-corrected chi connectivity index (χ0v) is 11.3. The minimum atomic E-state index is -4.20. The van der Waals surface area contributed by atoms with Crippen molar-refractivity contribution in [1.82, 2.24) is 5.32 Å². The van der Waals surface area contributed by atoms with E-state index in [1.165, 1.54) is 19.3 Å². The lowest BCUT2D eigenvalue weighted by molar-refractivity contribution is -0.174. The maximum absolute atomic E-state index is 11.9. The van der Waals surface area contributed by atoms with Crippen LogP contribution >= 0.6 is 0 Å². The van der Waals surface area contributed by atoms with E-state index >= 15 is 0 Å². The fourth-order valence-electron chi connectivity index (χ4n) is 2.35. The molecule has 2 nitrogen and oxygen atoms in total. The summed E-state index contributed by atoms with van der Waals surface area (Å²) in [7, 11) is 0. The molecule has 0 aromatic rings. The fourth-order valence-corrected chi connectivity index (χ4v) is 2.35. The van der Waals surface area contributed by atoms with Gasteiger partial charge in [0.05, 0.1) is 0 Å². The number of halogens is 3. The Labute approximate surface area is 107 Å². The molecule has 0 aromatic carbocycles. The maximum Gasteiger partial charge on any atom is 0.411 e. The molecule has 0 unspecified atom stereocenters. The van der Waals surface area contributed by atoms with Crippen molar-refractivity contribution in [2.24, 2.45) is 5.41 Å². The molecule has 5 heteroatoms. The molecule has 1 fully saturated rings. The van der Waals surface area contributed by atoms with Crippen LogP contribution in [0.2, 0.25) is 0 Å². The quantitative estimate of drug-likeness (QED) is 0.679. The number of hydrogen-bond donors (Lipinski definition) is 1. The predicted molar refractivity (Wildman–Crippen MR) is 65.5 cm³/mol. The Balaban J connectivity index is 2.12. The van der Waals surface area contributed by atoms with Crippen molar-refractivity contribution in [2.45, 2.75) is 58.2 Å². The molecule has 0 saturated heterocycles. The van der Waals surface area contributed by atoms with Gasteiger partial charge >= 0.3 is 6.18 Å². The molecular weight excluding hydrogens is 243 g/mol. The highest BCUT2D eigenvalue weighted by Gasteiger charge is 2.36. The van der Waals surface area contributed by atoms with Gasteiger partial charge in [-0.1, -0.05) is 20.3 Å². The van der Waals surface area contributed by atoms with Crippen molar-refractivity contribution < 1.29 is 17.9 Å². The van der Waals surface area contributed by atoms with E-state index in [2.05, 4.69) is 23.9 Å². The summed E-state index contributed by atoms with van der Waals surface area (Å²) in [6.07, 6.45) is 1.09. The Bertz CT molecular complexity index is 237. The van der Waals surface area contributed by atoms with Gasteiger partial charge in [-0.05, 0) is 31.1 Å². The van der Waals surface area contributed by atoms with Crippen molar-refractivity contribution in [3.8, 4) is 0 Å². The van der Waals surface area contributed by atoms with Crippen LogP contribution in [-0.2, 0) is 4.74 Å². The van der Waals surface area contributed by atoms with Crippen LogP contribution in [0.4, 0.5) is 13.2 Å². The second-order valence-corrected chi connectivity index (χ2v) is 5.66. The second kappa shape index (κ2) is 6.75. The van der Waals surface area contributed by atoms with Crippen LogP contribution in [0, 0.1) is 5.41 Å². The van der Waals surface area contributed by atoms with Crippen molar-refractivity contribution in [3.05, 3.63) is 0 Å². The third-order valence-corrected chi connectivity index (χ3v) is 3.56. The number of hydrogen-bond acceptors (Lipinski definition) is 2. The van der Waals surface area contributed by atoms with Crippen LogP contribution in [0.3, 0.4) is 0 Å². The fraction of sp³-hybridized carbons (Fsp3) is 1.00. The van der Waals surface area contributed by atoms with Gasteiger partial charge in [0.25, 0.3) is 0 Å². The Morgan fingerprint density at radius 3 is 2.39 bits per heavy atom. The molecule has 0 radical (unpaired) electrons. The molecule has 1 aliphatic rings. The average Bonchev–Trinajstić information content (AvgIpc) is 2.17. The average molecular weight is 267 g/mol. The van der Waals surface area contributed by atoms with Crippen molar-refractivity contribution in [2.75, 3.05) is 19.8 Å². The zero-order valence-electron chi connectivity index (χ0n) is 11.3. The lowest BCUT2D eigenvalue weighted by Crippen LogP contribution is -2.42. The number of rotatable bonds is 8. The smallest absolute Gasteiger partial charge is 0.372 e. The SMILES string of the molecule is CC(C)NCC1(CCCOCC(F)(F)F)CCC1. The van der Waals surface area contributed by atoms with Crippen molar-refractivity contribution in [1.29, 1.82) is 0 Å². The summed E-state index contributed by atoms with van der Waals surface area (Å²) in [5.74, 6) is 0. The summed E-state index contributed by atoms with van der Waals surface area (Å²) in [6, 6.07) is 0.462. The second-order valence-electron chi connectivity index (χ2n) is 5.66. The highest BCUT2D eigenvalue weighted by atomic mass is 19.4. The third-order valence-electron chi connectivity index (χ3n) is 3.56. The van der Waals surface area contributed by atoms with Gasteiger partial charge in [0, 0.05) is 19.2 Å². The van der Waals surface area contributed by atoms with Gasteiger partial charge in [0.1, 0.15) is 6.61 Å². The monoisotopic (exact) mass is 267 g/mol. The summed E-state index contributed by atoms with van der Waals surface area (Å²) in [5, 5.41) is 3.43. The first kappa shape index (κ1) is 15.8. The molecule has 18 heavy (non-hydrogen) atoms. The van der Waals surface area contributed by atoms with E-state index in [9.17, 15) is 13.2 Å². The Kier molecular flexibility index (Phi) is 5.92. The summed E-state index contributed by atoms with van der Waals surface area (Å²) in [4.78, 5) is 0. The van der Waals surface area contributed by atoms with E-state index < -0.39 is 12.8 Å². The van der Waals surface area contributed by atoms with Crippen molar-refractivity contribution in [3.63, 3.8) is 0 Å². The summed E-state index contributed by atoms with van der Waals surface area (Å²) in [5.41, 5.74) is 0.311. The van der Waals surface area contributed by atoms with Gasteiger partial charge in [0.15, 0.2) is 0 Å². The van der Waals surface area contributed by atoms with Crippen LogP contribution in [0.1, 0.15) is 46.0 Å². The molecule has 0 heterocycles. The molecule has 108 valence electrons. The molecule has 1 saturated carbocycles. The molecular formula is C13H24F3NO. The van der Waals surface area contributed by atoms with E-state index in [0.717, 1.165) is 19.4 Å². The zero-order chi connectivity index (χ0) is 13.6. The highest BCUT2D eigenvalue weighted by molar-refractivity contribution is 4.89. The summed E-state index contributed by atoms with van der Waals surface area (Å²) in [6.45, 7) is 4.29. The van der Waals surface area contributed by atoms with E-state index in [1.807, 2.05) is 0 Å². The normalized spacial score (nSPS) is 19.0. The van der Waals surface area contributed by atoms with Crippen LogP contribution in [0.5, 0.6) is 0 Å². The topological polar surface area (TPSA) is 21.3 Å². The van der Waals surface area contributed by atoms with Gasteiger partial charge in [-0.25, -0.2) is 0 Å². The molecule has 0 spiro atoms. The third kappa shape index (κ3) is 6.05. The first-order valence-electron chi connectivity index (χ1n) is 6.71. The Hall–Kier alpha value is -0.290. The molecule has 1 rings (SSSR count). The van der Waals surface area contributed by atoms with E-state index in [1.54, 1.807) is 0 Å². The summed E-state index contributed by atoms with van der Waals surface area (Å²) >= 11 is 0. The van der Waals surface area contributed by atoms with Gasteiger partial charge in [-0.2, -0.15) is 13.2 Å². The van der Waals surface area contributed by atoms with Crippen molar-refractivity contribution >= 4 is 0 Å². The molecule has 0 aliphatic heterocycles. The first-order valence-corrected chi connectivity index (χ1v) is 6.71. The summed E-state index contributed by atoms with van der Waals surface area (Å²) < 4.78 is 40.2. The molecule has 0 aromatic heterocycles. The van der Waals surface area contributed by atoms with Gasteiger partial charge in [0.2, 0.25) is 0 Å². The number of ether oxygens (including phenoxy) is 1. The Morgan fingerprint density at radius 2 is 1.94 bits per heavy atom. The van der Waals surface area contributed by atoms with E-state index in [0.29, 0.717) is 11.5 Å². The molecule has 0 amide bonds. The number of nitrogens with one attached hydrogen (secondary N) is 1. The molecule has 0 atom stereocenters. The maximum atomic E-state index is 11.9. The van der Waals surface area contributed by atoms with Gasteiger partial charge < -0.3 is 10.1 Å². The lowest BCUT2D eigenvalue weighted by atomic mass is 9.66. The van der Waals surface area contributed by atoms with Crippen LogP contribution in [-0.4, -0.2) is 32.0 Å². The minimum Gasteiger partial charge on any atom is -0.372 e. The lowest BCUT2D eigenvalue weighted by Gasteiger charge is -2.43.